The van der Waals surface area contributed by atoms with E-state index in [2.05, 4.69) is 18.9 Å². The maximum absolute atomic E-state index is 4.10. The Morgan fingerprint density at radius 1 is 1.62 bits per heavy atom. The van der Waals surface area contributed by atoms with E-state index in [9.17, 15) is 0 Å². The molecule has 0 N–H and O–H groups in total. The summed E-state index contributed by atoms with van der Waals surface area (Å²) in [4.78, 5) is 0. The first-order valence-corrected chi connectivity index (χ1v) is 2.89. The maximum atomic E-state index is 4.10. The van der Waals surface area contributed by atoms with Crippen molar-refractivity contribution in [1.29, 1.82) is 0 Å². The first kappa shape index (κ1) is 5.60. The number of nitrogens with zero attached hydrogens (tertiary/aromatic N) is 2. The highest BCUT2D eigenvalue weighted by atomic mass is 15.5. The fourth-order valence-corrected chi connectivity index (χ4v) is 0.675. The van der Waals surface area contributed by atoms with Gasteiger partial charge in [0.05, 0.1) is 5.54 Å². The molecule has 1 heterocycles. The maximum Gasteiger partial charge on any atom is 0.0569 e. The highest BCUT2D eigenvalue weighted by Crippen LogP contribution is 2.20. The third-order valence-corrected chi connectivity index (χ3v) is 1.72. The fraction of sp³-hybridized carbons (Fsp3) is 0.833. The average Bonchev–Trinajstić information content (AvgIpc) is 1.86. The minimum atomic E-state index is 0.264. The van der Waals surface area contributed by atoms with Crippen LogP contribution >= 0.6 is 0 Å². The largest absolute Gasteiger partial charge is 0.295 e. The highest BCUT2D eigenvalue weighted by molar-refractivity contribution is 5.60. The molecule has 0 aromatic carbocycles. The second-order valence-corrected chi connectivity index (χ2v) is 2.84. The molecule has 0 fully saturated rings. The van der Waals surface area contributed by atoms with Crippen LogP contribution in [0.25, 0.3) is 0 Å². The standard InChI is InChI=1S/C6H12N2/c1-6(2)4-5-7-8(6)3/h5H,4H2,1-3H3. The summed E-state index contributed by atoms with van der Waals surface area (Å²) >= 11 is 0. The second-order valence-electron chi connectivity index (χ2n) is 2.84. The molecule has 1 aliphatic rings. The van der Waals surface area contributed by atoms with Crippen LogP contribution in [-0.2, 0) is 0 Å². The van der Waals surface area contributed by atoms with Crippen molar-refractivity contribution in [3.8, 4) is 0 Å². The van der Waals surface area contributed by atoms with Crippen LogP contribution in [0, 0.1) is 0 Å². The summed E-state index contributed by atoms with van der Waals surface area (Å²) in [5.74, 6) is 0. The Balaban J connectivity index is 2.64. The summed E-state index contributed by atoms with van der Waals surface area (Å²) < 4.78 is 0. The van der Waals surface area contributed by atoms with Crippen LogP contribution in [0.2, 0.25) is 0 Å². The lowest BCUT2D eigenvalue weighted by Crippen LogP contribution is -2.32. The normalized spacial score (nSPS) is 24.6. The number of hydrogen-bond donors (Lipinski definition) is 0. The summed E-state index contributed by atoms with van der Waals surface area (Å²) in [5, 5.41) is 6.09. The molecule has 0 atom stereocenters. The van der Waals surface area contributed by atoms with Crippen LogP contribution in [0.5, 0.6) is 0 Å². The first-order valence-electron chi connectivity index (χ1n) is 2.89. The summed E-state index contributed by atoms with van der Waals surface area (Å²) in [6.07, 6.45) is 3.03. The molecular formula is C6H12N2. The van der Waals surface area contributed by atoms with Crippen LogP contribution in [0.1, 0.15) is 20.3 Å². The second kappa shape index (κ2) is 1.47. The smallest absolute Gasteiger partial charge is 0.0569 e. The summed E-state index contributed by atoms with van der Waals surface area (Å²) in [6.45, 7) is 4.36. The minimum Gasteiger partial charge on any atom is -0.295 e. The quantitative estimate of drug-likeness (QED) is 0.458. The summed E-state index contributed by atoms with van der Waals surface area (Å²) in [6, 6.07) is 0. The molecule has 0 saturated carbocycles. The Labute approximate surface area is 50.2 Å². The fourth-order valence-electron chi connectivity index (χ4n) is 0.675. The molecule has 0 aliphatic carbocycles. The van der Waals surface area contributed by atoms with Crippen molar-refractivity contribution in [2.24, 2.45) is 5.10 Å². The molecule has 2 heteroatoms. The van der Waals surface area contributed by atoms with Crippen molar-refractivity contribution < 1.29 is 0 Å². The Morgan fingerprint density at radius 2 is 2.25 bits per heavy atom. The van der Waals surface area contributed by atoms with E-state index >= 15 is 0 Å². The highest BCUT2D eigenvalue weighted by Gasteiger charge is 2.24. The van der Waals surface area contributed by atoms with Gasteiger partial charge in [0.2, 0.25) is 0 Å². The molecule has 2 nitrogen and oxygen atoms in total. The molecule has 0 aromatic rings. The van der Waals surface area contributed by atoms with Crippen molar-refractivity contribution >= 4 is 6.21 Å². The Hall–Kier alpha value is -0.530. The van der Waals surface area contributed by atoms with Gasteiger partial charge in [-0.2, -0.15) is 5.10 Å². The van der Waals surface area contributed by atoms with E-state index in [1.165, 1.54) is 0 Å². The zero-order chi connectivity index (χ0) is 6.20. The van der Waals surface area contributed by atoms with Gasteiger partial charge in [-0.05, 0) is 13.8 Å². The molecule has 1 aliphatic heterocycles. The van der Waals surface area contributed by atoms with Crippen molar-refractivity contribution in [3.63, 3.8) is 0 Å². The number of hydrogen-bond acceptors (Lipinski definition) is 2. The molecule has 8 heavy (non-hydrogen) atoms. The zero-order valence-electron chi connectivity index (χ0n) is 5.68. The summed E-state index contributed by atoms with van der Waals surface area (Å²) in [5.41, 5.74) is 0.264. The lowest BCUT2D eigenvalue weighted by Gasteiger charge is -2.26. The van der Waals surface area contributed by atoms with E-state index in [1.54, 1.807) is 0 Å². The SMILES string of the molecule is CN1N=CCC1(C)C. The lowest BCUT2D eigenvalue weighted by molar-refractivity contribution is 0.194. The van der Waals surface area contributed by atoms with Gasteiger partial charge < -0.3 is 0 Å². The van der Waals surface area contributed by atoms with Crippen LogP contribution in [0.3, 0.4) is 0 Å². The molecule has 0 amide bonds. The monoisotopic (exact) mass is 112 g/mol. The third-order valence-electron chi connectivity index (χ3n) is 1.72. The molecule has 0 saturated heterocycles. The van der Waals surface area contributed by atoms with Gasteiger partial charge in [0.15, 0.2) is 0 Å². The Morgan fingerprint density at radius 3 is 2.38 bits per heavy atom. The molecule has 0 spiro atoms. The predicted molar refractivity (Wildman–Crippen MR) is 35.0 cm³/mol. The van der Waals surface area contributed by atoms with E-state index in [0.29, 0.717) is 0 Å². The van der Waals surface area contributed by atoms with Crippen molar-refractivity contribution in [1.82, 2.24) is 5.01 Å². The van der Waals surface area contributed by atoms with Gasteiger partial charge >= 0.3 is 0 Å². The molecule has 0 unspecified atom stereocenters. The van der Waals surface area contributed by atoms with E-state index in [4.69, 9.17) is 0 Å². The molecule has 0 bridgehead atoms. The van der Waals surface area contributed by atoms with Gasteiger partial charge in [-0.3, -0.25) is 5.01 Å². The average molecular weight is 112 g/mol. The molecule has 0 aromatic heterocycles. The minimum absolute atomic E-state index is 0.264. The molecule has 0 radical (unpaired) electrons. The van der Waals surface area contributed by atoms with Crippen molar-refractivity contribution in [2.75, 3.05) is 7.05 Å². The van der Waals surface area contributed by atoms with Gasteiger partial charge in [0, 0.05) is 19.7 Å². The molecule has 46 valence electrons. The zero-order valence-corrected chi connectivity index (χ0v) is 5.68. The van der Waals surface area contributed by atoms with E-state index in [-0.39, 0.29) is 5.54 Å². The van der Waals surface area contributed by atoms with Crippen LogP contribution in [0.4, 0.5) is 0 Å². The van der Waals surface area contributed by atoms with Crippen LogP contribution in [0.15, 0.2) is 5.10 Å². The van der Waals surface area contributed by atoms with Gasteiger partial charge in [-0.1, -0.05) is 0 Å². The van der Waals surface area contributed by atoms with E-state index in [1.807, 2.05) is 18.3 Å². The van der Waals surface area contributed by atoms with Gasteiger partial charge in [-0.25, -0.2) is 0 Å². The first-order chi connectivity index (χ1) is 3.63. The number of rotatable bonds is 0. The van der Waals surface area contributed by atoms with Gasteiger partial charge in [0.25, 0.3) is 0 Å². The Bertz CT molecular complexity index is 116. The molecular weight excluding hydrogens is 100 g/mol. The van der Waals surface area contributed by atoms with Crippen molar-refractivity contribution in [3.05, 3.63) is 0 Å². The van der Waals surface area contributed by atoms with Crippen LogP contribution in [-0.4, -0.2) is 23.8 Å². The topological polar surface area (TPSA) is 15.6 Å². The Kier molecular flexibility index (Phi) is 1.03. The lowest BCUT2D eigenvalue weighted by atomic mass is 10.0. The number of hydrazone groups is 1. The van der Waals surface area contributed by atoms with E-state index < -0.39 is 0 Å². The van der Waals surface area contributed by atoms with Crippen molar-refractivity contribution in [2.45, 2.75) is 25.8 Å². The van der Waals surface area contributed by atoms with Crippen LogP contribution < -0.4 is 0 Å². The van der Waals surface area contributed by atoms with Gasteiger partial charge in [0.1, 0.15) is 0 Å². The van der Waals surface area contributed by atoms with Gasteiger partial charge in [-0.15, -0.1) is 0 Å². The predicted octanol–water partition coefficient (Wildman–Crippen LogP) is 1.09. The summed E-state index contributed by atoms with van der Waals surface area (Å²) in [7, 11) is 2.00. The third kappa shape index (κ3) is 0.703. The van der Waals surface area contributed by atoms with E-state index in [0.717, 1.165) is 6.42 Å². The molecule has 1 rings (SSSR count).